The Morgan fingerprint density at radius 3 is 2.27 bits per heavy atom. The van der Waals surface area contributed by atoms with Crippen molar-refractivity contribution >= 4 is 0 Å². The van der Waals surface area contributed by atoms with Crippen molar-refractivity contribution in [3.05, 3.63) is 0 Å². The van der Waals surface area contributed by atoms with Gasteiger partial charge in [0.2, 0.25) is 0 Å². The Morgan fingerprint density at radius 1 is 1.33 bits per heavy atom. The van der Waals surface area contributed by atoms with Crippen molar-refractivity contribution in [2.45, 2.75) is 32.7 Å². The van der Waals surface area contributed by atoms with E-state index in [0.29, 0.717) is 5.92 Å². The van der Waals surface area contributed by atoms with Crippen molar-refractivity contribution in [2.75, 3.05) is 33.2 Å². The zero-order valence-corrected chi connectivity index (χ0v) is 10.5. The molecule has 2 atom stereocenters. The van der Waals surface area contributed by atoms with E-state index in [4.69, 9.17) is 0 Å². The fourth-order valence-corrected chi connectivity index (χ4v) is 2.16. The molecule has 0 aliphatic carbocycles. The molecule has 0 N–H and O–H groups in total. The van der Waals surface area contributed by atoms with Gasteiger partial charge in [-0.2, -0.15) is 5.26 Å². The second-order valence-electron chi connectivity index (χ2n) is 4.86. The average Bonchev–Trinajstić information content (AvgIpc) is 2.27. The van der Waals surface area contributed by atoms with E-state index in [2.05, 4.69) is 43.7 Å². The van der Waals surface area contributed by atoms with Crippen molar-refractivity contribution in [1.82, 2.24) is 9.80 Å². The summed E-state index contributed by atoms with van der Waals surface area (Å²) in [7, 11) is 2.14. The molecular formula is C12H23N3. The SMILES string of the molecule is CCC(C)C(C)(C#N)N1CCN(C)CC1. The van der Waals surface area contributed by atoms with E-state index in [-0.39, 0.29) is 5.54 Å². The number of rotatable bonds is 3. The molecule has 0 spiro atoms. The first-order chi connectivity index (χ1) is 7.04. The van der Waals surface area contributed by atoms with Crippen LogP contribution in [0, 0.1) is 17.2 Å². The Balaban J connectivity index is 2.70. The van der Waals surface area contributed by atoms with Gasteiger partial charge in [-0.05, 0) is 19.9 Å². The molecule has 0 saturated carbocycles. The standard InChI is InChI=1S/C12H23N3/c1-5-11(2)12(3,10-13)15-8-6-14(4)7-9-15/h11H,5-9H2,1-4H3. The molecular weight excluding hydrogens is 186 g/mol. The van der Waals surface area contributed by atoms with Crippen LogP contribution < -0.4 is 0 Å². The lowest BCUT2D eigenvalue weighted by molar-refractivity contribution is 0.0509. The first-order valence-electron chi connectivity index (χ1n) is 5.89. The molecule has 1 aliphatic rings. The van der Waals surface area contributed by atoms with Gasteiger partial charge in [0.05, 0.1) is 6.07 Å². The maximum Gasteiger partial charge on any atom is 0.109 e. The van der Waals surface area contributed by atoms with E-state index in [1.165, 1.54) is 0 Å². The largest absolute Gasteiger partial charge is 0.304 e. The van der Waals surface area contributed by atoms with Crippen LogP contribution in [0.1, 0.15) is 27.2 Å². The van der Waals surface area contributed by atoms with E-state index >= 15 is 0 Å². The summed E-state index contributed by atoms with van der Waals surface area (Å²) >= 11 is 0. The van der Waals surface area contributed by atoms with Crippen LogP contribution in [0.3, 0.4) is 0 Å². The molecule has 1 rings (SSSR count). The quantitative estimate of drug-likeness (QED) is 0.706. The van der Waals surface area contributed by atoms with Crippen molar-refractivity contribution in [1.29, 1.82) is 5.26 Å². The molecule has 0 aromatic rings. The highest BCUT2D eigenvalue weighted by atomic mass is 15.3. The van der Waals surface area contributed by atoms with Gasteiger partial charge in [0.25, 0.3) is 0 Å². The number of likely N-dealkylation sites (N-methyl/N-ethyl adjacent to an activating group) is 1. The van der Waals surface area contributed by atoms with Crippen molar-refractivity contribution in [3.8, 4) is 6.07 Å². The fourth-order valence-electron chi connectivity index (χ4n) is 2.16. The smallest absolute Gasteiger partial charge is 0.109 e. The van der Waals surface area contributed by atoms with Crippen LogP contribution in [0.2, 0.25) is 0 Å². The zero-order chi connectivity index (χ0) is 11.5. The first-order valence-corrected chi connectivity index (χ1v) is 5.89. The van der Waals surface area contributed by atoms with E-state index in [1.54, 1.807) is 0 Å². The van der Waals surface area contributed by atoms with Crippen LogP contribution in [0.25, 0.3) is 0 Å². The minimum absolute atomic E-state index is 0.282. The molecule has 0 aromatic carbocycles. The molecule has 1 aliphatic heterocycles. The van der Waals surface area contributed by atoms with Crippen molar-refractivity contribution in [2.24, 2.45) is 5.92 Å². The van der Waals surface area contributed by atoms with Gasteiger partial charge < -0.3 is 4.90 Å². The lowest BCUT2D eigenvalue weighted by Crippen LogP contribution is -2.57. The Labute approximate surface area is 93.7 Å². The normalized spacial score (nSPS) is 25.5. The summed E-state index contributed by atoms with van der Waals surface area (Å²) in [5.41, 5.74) is -0.282. The average molecular weight is 209 g/mol. The minimum Gasteiger partial charge on any atom is -0.304 e. The van der Waals surface area contributed by atoms with Gasteiger partial charge in [0.15, 0.2) is 0 Å². The van der Waals surface area contributed by atoms with Gasteiger partial charge in [-0.15, -0.1) is 0 Å². The Hall–Kier alpha value is -0.590. The molecule has 0 radical (unpaired) electrons. The van der Waals surface area contributed by atoms with Gasteiger partial charge in [0, 0.05) is 26.2 Å². The summed E-state index contributed by atoms with van der Waals surface area (Å²) in [6, 6.07) is 2.52. The lowest BCUT2D eigenvalue weighted by Gasteiger charge is -2.44. The van der Waals surface area contributed by atoms with Crippen LogP contribution in [-0.4, -0.2) is 48.6 Å². The van der Waals surface area contributed by atoms with Crippen LogP contribution in [-0.2, 0) is 0 Å². The highest BCUT2D eigenvalue weighted by Gasteiger charge is 2.37. The fraction of sp³-hybridized carbons (Fsp3) is 0.917. The van der Waals surface area contributed by atoms with Crippen molar-refractivity contribution < 1.29 is 0 Å². The van der Waals surface area contributed by atoms with E-state index < -0.39 is 0 Å². The number of piperazine rings is 1. The summed E-state index contributed by atoms with van der Waals surface area (Å²) in [5.74, 6) is 0.436. The third-order valence-electron chi connectivity index (χ3n) is 3.96. The summed E-state index contributed by atoms with van der Waals surface area (Å²) in [6.45, 7) is 10.6. The van der Waals surface area contributed by atoms with E-state index in [9.17, 15) is 5.26 Å². The molecule has 1 heterocycles. The van der Waals surface area contributed by atoms with Crippen LogP contribution in [0.5, 0.6) is 0 Å². The Morgan fingerprint density at radius 2 is 1.87 bits per heavy atom. The predicted octanol–water partition coefficient (Wildman–Crippen LogP) is 1.56. The molecule has 1 fully saturated rings. The molecule has 3 nitrogen and oxygen atoms in total. The topological polar surface area (TPSA) is 30.3 Å². The van der Waals surface area contributed by atoms with Crippen LogP contribution in [0.15, 0.2) is 0 Å². The van der Waals surface area contributed by atoms with Crippen LogP contribution >= 0.6 is 0 Å². The molecule has 15 heavy (non-hydrogen) atoms. The minimum atomic E-state index is -0.282. The highest BCUT2D eigenvalue weighted by Crippen LogP contribution is 2.27. The number of hydrogen-bond acceptors (Lipinski definition) is 3. The Kier molecular flexibility index (Phi) is 4.12. The molecule has 1 saturated heterocycles. The first kappa shape index (κ1) is 12.5. The monoisotopic (exact) mass is 209 g/mol. The predicted molar refractivity (Wildman–Crippen MR) is 62.5 cm³/mol. The number of nitrogens with zero attached hydrogens (tertiary/aromatic N) is 3. The molecule has 0 bridgehead atoms. The third-order valence-corrected chi connectivity index (χ3v) is 3.96. The van der Waals surface area contributed by atoms with Crippen LogP contribution in [0.4, 0.5) is 0 Å². The zero-order valence-electron chi connectivity index (χ0n) is 10.5. The maximum absolute atomic E-state index is 9.40. The second-order valence-corrected chi connectivity index (χ2v) is 4.86. The number of hydrogen-bond donors (Lipinski definition) is 0. The Bertz CT molecular complexity index is 238. The molecule has 0 amide bonds. The summed E-state index contributed by atoms with van der Waals surface area (Å²) < 4.78 is 0. The summed E-state index contributed by atoms with van der Waals surface area (Å²) in [5, 5.41) is 9.40. The molecule has 86 valence electrons. The highest BCUT2D eigenvalue weighted by molar-refractivity contribution is 5.08. The molecule has 2 unspecified atom stereocenters. The second kappa shape index (κ2) is 4.96. The van der Waals surface area contributed by atoms with Gasteiger partial charge in [0.1, 0.15) is 5.54 Å². The van der Waals surface area contributed by atoms with E-state index in [1.807, 2.05) is 0 Å². The molecule has 0 aromatic heterocycles. The lowest BCUT2D eigenvalue weighted by atomic mass is 9.84. The van der Waals surface area contributed by atoms with E-state index in [0.717, 1.165) is 32.6 Å². The summed E-state index contributed by atoms with van der Waals surface area (Å²) in [6.07, 6.45) is 1.07. The molecule has 3 heteroatoms. The maximum atomic E-state index is 9.40. The third kappa shape index (κ3) is 2.50. The van der Waals surface area contributed by atoms with Gasteiger partial charge in [-0.3, -0.25) is 4.90 Å². The number of nitriles is 1. The van der Waals surface area contributed by atoms with Gasteiger partial charge in [-0.1, -0.05) is 20.3 Å². The van der Waals surface area contributed by atoms with Crippen molar-refractivity contribution in [3.63, 3.8) is 0 Å². The van der Waals surface area contributed by atoms with Gasteiger partial charge in [-0.25, -0.2) is 0 Å². The van der Waals surface area contributed by atoms with Gasteiger partial charge >= 0.3 is 0 Å². The summed E-state index contributed by atoms with van der Waals surface area (Å²) in [4.78, 5) is 4.67.